The molecule has 4 nitrogen and oxygen atoms in total. The van der Waals surface area contributed by atoms with Crippen LogP contribution in [0.25, 0.3) is 0 Å². The minimum atomic E-state index is 0.612. The Morgan fingerprint density at radius 1 is 0.254 bits per heavy atom. The minimum absolute atomic E-state index is 0.612. The van der Waals surface area contributed by atoms with Gasteiger partial charge in [0.1, 0.15) is 0 Å². The number of rotatable bonds is 60. The average molecular weight is 1000 g/mol. The maximum absolute atomic E-state index is 3.06. The van der Waals surface area contributed by atoms with E-state index in [1.54, 1.807) is 0 Å². The number of piperazine rings is 1. The van der Waals surface area contributed by atoms with Crippen LogP contribution < -0.4 is 0 Å². The Bertz CT molecular complexity index is 948. The zero-order chi connectivity index (χ0) is 51.0. The van der Waals surface area contributed by atoms with Crippen LogP contribution in [0.5, 0.6) is 0 Å². The fourth-order valence-electron chi connectivity index (χ4n) is 11.9. The summed E-state index contributed by atoms with van der Waals surface area (Å²) in [6, 6.07) is 0. The summed E-state index contributed by atoms with van der Waals surface area (Å²) >= 11 is 0. The molecule has 0 N–H and O–H groups in total. The number of hydrogen-bond donors (Lipinski definition) is 0. The molecule has 1 unspecified atom stereocenters. The van der Waals surface area contributed by atoms with E-state index in [2.05, 4.69) is 54.2 Å². The quantitative estimate of drug-likeness (QED) is 0.0563. The van der Waals surface area contributed by atoms with Crippen LogP contribution in [0.3, 0.4) is 0 Å². The SMILES string of the molecule is CCCCCCCCCCCCCN(CCCCCCCCCCCC)C1CN(CCN(CCCCCCCCCCCC)CCCCCCCCCCCC)CCN1CCCCCCCCCCCC. The smallest absolute Gasteiger partial charge is 0.0754 e. The third-order valence-corrected chi connectivity index (χ3v) is 17.0. The lowest BCUT2D eigenvalue weighted by molar-refractivity contribution is -0.0267. The van der Waals surface area contributed by atoms with Gasteiger partial charge >= 0.3 is 0 Å². The molecule has 71 heavy (non-hydrogen) atoms. The van der Waals surface area contributed by atoms with Crippen LogP contribution >= 0.6 is 0 Å². The molecule has 1 aliphatic rings. The summed E-state index contributed by atoms with van der Waals surface area (Å²) in [5.41, 5.74) is 0. The van der Waals surface area contributed by atoms with E-state index in [9.17, 15) is 0 Å². The maximum Gasteiger partial charge on any atom is 0.0754 e. The van der Waals surface area contributed by atoms with Gasteiger partial charge in [-0.2, -0.15) is 0 Å². The first-order chi connectivity index (χ1) is 35.2. The van der Waals surface area contributed by atoms with Gasteiger partial charge in [-0.1, -0.05) is 330 Å². The highest BCUT2D eigenvalue weighted by Gasteiger charge is 2.31. The number of hydrogen-bond acceptors (Lipinski definition) is 4. The van der Waals surface area contributed by atoms with Gasteiger partial charge in [0.15, 0.2) is 0 Å². The molecule has 0 radical (unpaired) electrons. The van der Waals surface area contributed by atoms with E-state index in [0.717, 1.165) is 0 Å². The molecule has 1 rings (SSSR count). The Morgan fingerprint density at radius 2 is 0.507 bits per heavy atom. The second kappa shape index (κ2) is 57.5. The van der Waals surface area contributed by atoms with Gasteiger partial charge in [0.05, 0.1) is 6.17 Å². The predicted octanol–water partition coefficient (Wildman–Crippen LogP) is 21.5. The highest BCUT2D eigenvalue weighted by Crippen LogP contribution is 2.21. The van der Waals surface area contributed by atoms with Gasteiger partial charge in [0.2, 0.25) is 0 Å². The van der Waals surface area contributed by atoms with Crippen molar-refractivity contribution >= 4 is 0 Å². The fourth-order valence-corrected chi connectivity index (χ4v) is 11.9. The standard InChI is InChI=1S/C67H138N4/c1-6-11-16-21-26-31-36-41-45-50-55-60-70(59-54-49-44-39-34-29-24-19-14-9-4)67-66-69(64-65-71(67)61-56-51-46-40-35-30-25-20-15-10-5)63-62-68(57-52-47-42-37-32-27-22-17-12-7-2)58-53-48-43-38-33-28-23-18-13-8-3/h67H,6-66H2,1-5H3. The fraction of sp³-hybridized carbons (Fsp3) is 1.00. The summed E-state index contributed by atoms with van der Waals surface area (Å²) in [6.07, 6.45) is 74.1. The van der Waals surface area contributed by atoms with E-state index in [0.29, 0.717) is 6.17 Å². The molecule has 0 aliphatic carbocycles. The third kappa shape index (κ3) is 46.8. The molecule has 0 spiro atoms. The lowest BCUT2D eigenvalue weighted by atomic mass is 10.0. The van der Waals surface area contributed by atoms with E-state index in [4.69, 9.17) is 0 Å². The van der Waals surface area contributed by atoms with Crippen molar-refractivity contribution < 1.29 is 0 Å². The van der Waals surface area contributed by atoms with Gasteiger partial charge in [-0.15, -0.1) is 0 Å². The van der Waals surface area contributed by atoms with Crippen molar-refractivity contribution in [3.8, 4) is 0 Å². The first kappa shape index (κ1) is 68.9. The lowest BCUT2D eigenvalue weighted by Gasteiger charge is -2.47. The van der Waals surface area contributed by atoms with Crippen molar-refractivity contribution in [1.82, 2.24) is 19.6 Å². The number of unbranched alkanes of at least 4 members (excludes halogenated alkanes) is 46. The molecule has 0 bridgehead atoms. The largest absolute Gasteiger partial charge is 0.302 e. The van der Waals surface area contributed by atoms with Crippen molar-refractivity contribution in [3.63, 3.8) is 0 Å². The third-order valence-electron chi connectivity index (χ3n) is 17.0. The van der Waals surface area contributed by atoms with Gasteiger partial charge in [0.25, 0.3) is 0 Å². The van der Waals surface area contributed by atoms with Crippen molar-refractivity contribution in [2.45, 2.75) is 368 Å². The zero-order valence-electron chi connectivity index (χ0n) is 50.5. The first-order valence-electron chi connectivity index (χ1n) is 34.1. The highest BCUT2D eigenvalue weighted by molar-refractivity contribution is 4.84. The molecule has 0 aromatic heterocycles. The molecule has 4 heteroatoms. The monoisotopic (exact) mass is 999 g/mol. The first-order valence-corrected chi connectivity index (χ1v) is 34.1. The van der Waals surface area contributed by atoms with Crippen LogP contribution in [0.2, 0.25) is 0 Å². The molecule has 0 saturated carbocycles. The Morgan fingerprint density at radius 3 is 0.803 bits per heavy atom. The molecular weight excluding hydrogens is 861 g/mol. The van der Waals surface area contributed by atoms with Crippen LogP contribution in [0.1, 0.15) is 362 Å². The van der Waals surface area contributed by atoms with Crippen molar-refractivity contribution in [2.75, 3.05) is 65.4 Å². The van der Waals surface area contributed by atoms with Crippen molar-refractivity contribution in [2.24, 2.45) is 0 Å². The maximum atomic E-state index is 3.06. The summed E-state index contributed by atoms with van der Waals surface area (Å²) in [4.78, 5) is 12.0. The van der Waals surface area contributed by atoms with Crippen LogP contribution in [-0.2, 0) is 0 Å². The molecule has 1 saturated heterocycles. The van der Waals surface area contributed by atoms with Gasteiger partial charge in [-0.25, -0.2) is 0 Å². The Hall–Kier alpha value is -0.160. The second-order valence-electron chi connectivity index (χ2n) is 24.0. The molecule has 0 amide bonds. The van der Waals surface area contributed by atoms with E-state index < -0.39 is 0 Å². The summed E-state index contributed by atoms with van der Waals surface area (Å²) in [7, 11) is 0. The molecule has 1 atom stereocenters. The van der Waals surface area contributed by atoms with Crippen LogP contribution in [0.15, 0.2) is 0 Å². The molecule has 1 aliphatic heterocycles. The van der Waals surface area contributed by atoms with Crippen LogP contribution in [0.4, 0.5) is 0 Å². The molecule has 1 fully saturated rings. The van der Waals surface area contributed by atoms with Gasteiger partial charge < -0.3 is 4.90 Å². The van der Waals surface area contributed by atoms with Gasteiger partial charge in [-0.05, 0) is 64.8 Å². The van der Waals surface area contributed by atoms with E-state index in [1.165, 1.54) is 393 Å². The second-order valence-corrected chi connectivity index (χ2v) is 24.0. The van der Waals surface area contributed by atoms with Crippen LogP contribution in [0, 0.1) is 0 Å². The van der Waals surface area contributed by atoms with Crippen molar-refractivity contribution in [3.05, 3.63) is 0 Å². The minimum Gasteiger partial charge on any atom is -0.302 e. The molecular formula is C67H138N4. The summed E-state index contributed by atoms with van der Waals surface area (Å²) in [5.74, 6) is 0. The average Bonchev–Trinajstić information content (AvgIpc) is 3.38. The normalized spacial score (nSPS) is 14.8. The molecule has 0 aromatic rings. The van der Waals surface area contributed by atoms with Crippen molar-refractivity contribution in [1.29, 1.82) is 0 Å². The van der Waals surface area contributed by atoms with Crippen LogP contribution in [-0.4, -0.2) is 91.2 Å². The zero-order valence-corrected chi connectivity index (χ0v) is 50.5. The summed E-state index contributed by atoms with van der Waals surface area (Å²) < 4.78 is 0. The Balaban J connectivity index is 2.95. The van der Waals surface area contributed by atoms with E-state index in [1.807, 2.05) is 0 Å². The van der Waals surface area contributed by atoms with E-state index in [-0.39, 0.29) is 0 Å². The predicted molar refractivity (Wildman–Crippen MR) is 324 cm³/mol. The number of nitrogens with zero attached hydrogens (tertiary/aromatic N) is 4. The van der Waals surface area contributed by atoms with Gasteiger partial charge in [0, 0.05) is 32.7 Å². The topological polar surface area (TPSA) is 13.0 Å². The Kier molecular flexibility index (Phi) is 55.8. The summed E-state index contributed by atoms with van der Waals surface area (Å²) in [5, 5.41) is 0. The Labute approximate surface area is 451 Å². The summed E-state index contributed by atoms with van der Waals surface area (Å²) in [6.45, 7) is 24.8. The molecule has 0 aromatic carbocycles. The lowest BCUT2D eigenvalue weighted by Crippen LogP contribution is -2.61. The van der Waals surface area contributed by atoms with Gasteiger partial charge in [-0.3, -0.25) is 14.7 Å². The molecule has 1 heterocycles. The van der Waals surface area contributed by atoms with E-state index >= 15 is 0 Å². The highest BCUT2D eigenvalue weighted by atomic mass is 15.4. The molecule has 426 valence electrons.